The number of fused-ring (bicyclic) bond motifs is 1. The average Bonchev–Trinajstić information content (AvgIpc) is 3.77. The Balaban J connectivity index is 0.852. The van der Waals surface area contributed by atoms with Crippen LogP contribution >= 0.6 is 22.9 Å². The number of hydrogen-bond donors (Lipinski definition) is 5. The van der Waals surface area contributed by atoms with Gasteiger partial charge < -0.3 is 30.5 Å². The van der Waals surface area contributed by atoms with Crippen LogP contribution in [0.5, 0.6) is 5.75 Å². The van der Waals surface area contributed by atoms with Gasteiger partial charge in [-0.1, -0.05) is 48.0 Å². The number of nitrogens with zero attached hydrogens (tertiary/aromatic N) is 4. The largest absolute Gasteiger partial charge is 0.479 e. The monoisotopic (exact) mass is 959 g/mol. The molecule has 0 aliphatic carbocycles. The molecule has 5 heterocycles. The number of aromatic carboxylic acids is 1. The third kappa shape index (κ3) is 9.89. The molecule has 8 rings (SSSR count). The Morgan fingerprint density at radius 2 is 1.71 bits per heavy atom. The van der Waals surface area contributed by atoms with Gasteiger partial charge in [0.15, 0.2) is 17.2 Å². The van der Waals surface area contributed by atoms with Crippen molar-refractivity contribution in [2.75, 3.05) is 36.9 Å². The molecule has 0 radical (unpaired) electrons. The second kappa shape index (κ2) is 18.7. The Kier molecular flexibility index (Phi) is 13.2. The summed E-state index contributed by atoms with van der Waals surface area (Å²) >= 11 is 7.41. The number of aliphatic carboxylic acids is 1. The number of nitrogens with one attached hydrogen (secondary N) is 3. The molecule has 3 saturated heterocycles. The van der Waals surface area contributed by atoms with Crippen LogP contribution in [0.2, 0.25) is 5.02 Å². The van der Waals surface area contributed by atoms with Crippen molar-refractivity contribution < 1.29 is 47.3 Å². The predicted molar refractivity (Wildman–Crippen MR) is 250 cm³/mol. The zero-order valence-corrected chi connectivity index (χ0v) is 38.9. The summed E-state index contributed by atoms with van der Waals surface area (Å²) < 4.78 is 36.6. The predicted octanol–water partition coefficient (Wildman–Crippen LogP) is 7.23. The highest BCUT2D eigenvalue weighted by Crippen LogP contribution is 2.46. The van der Waals surface area contributed by atoms with Crippen LogP contribution in [0, 0.1) is 0 Å². The van der Waals surface area contributed by atoms with Crippen molar-refractivity contribution in [3.05, 3.63) is 93.5 Å². The molecular weight excluding hydrogens is 910 g/mol. The van der Waals surface area contributed by atoms with Crippen molar-refractivity contribution in [3.63, 3.8) is 0 Å². The molecule has 5 N–H and O–H groups in total. The third-order valence-corrected chi connectivity index (χ3v) is 16.3. The number of aromatic nitrogens is 2. The molecular formula is C46H50ClN7O10S2. The Morgan fingerprint density at radius 3 is 2.42 bits per heavy atom. The van der Waals surface area contributed by atoms with Gasteiger partial charge in [-0.25, -0.2) is 22.8 Å². The van der Waals surface area contributed by atoms with Crippen LogP contribution in [-0.4, -0.2) is 105 Å². The Morgan fingerprint density at radius 1 is 0.970 bits per heavy atom. The molecule has 0 spiro atoms. The number of hydrogen-bond acceptors (Lipinski definition) is 11. The molecule has 3 fully saturated rings. The van der Waals surface area contributed by atoms with Gasteiger partial charge in [0.1, 0.15) is 5.02 Å². The molecule has 3 aliphatic rings. The van der Waals surface area contributed by atoms with Gasteiger partial charge in [-0.05, 0) is 98.9 Å². The van der Waals surface area contributed by atoms with E-state index in [0.717, 1.165) is 40.6 Å². The molecule has 5 aromatic rings. The summed E-state index contributed by atoms with van der Waals surface area (Å²) in [7, 11) is -1.95. The van der Waals surface area contributed by atoms with Crippen molar-refractivity contribution in [2.24, 2.45) is 7.05 Å². The summed E-state index contributed by atoms with van der Waals surface area (Å²) in [4.78, 5) is 62.7. The summed E-state index contributed by atoms with van der Waals surface area (Å²) in [6.07, 6.45) is 3.20. The lowest BCUT2D eigenvalue weighted by molar-refractivity contribution is -0.139. The second-order valence-corrected chi connectivity index (χ2v) is 20.9. The first-order valence-electron chi connectivity index (χ1n) is 21.6. The van der Waals surface area contributed by atoms with Crippen LogP contribution in [0.1, 0.15) is 90.7 Å². The maximum absolute atomic E-state index is 14.0. The number of benzene rings is 3. The van der Waals surface area contributed by atoms with Crippen LogP contribution in [0.3, 0.4) is 0 Å². The van der Waals surface area contributed by atoms with Gasteiger partial charge in [0.25, 0.3) is 0 Å². The van der Waals surface area contributed by atoms with E-state index < -0.39 is 40.0 Å². The summed E-state index contributed by atoms with van der Waals surface area (Å²) in [5.74, 6) is -3.86. The summed E-state index contributed by atoms with van der Waals surface area (Å²) in [6.45, 7) is 4.37. The molecule has 17 nitrogen and oxygen atoms in total. The van der Waals surface area contributed by atoms with Crippen molar-refractivity contribution in [1.29, 1.82) is 0 Å². The molecule has 348 valence electrons. The quantitative estimate of drug-likeness (QED) is 0.0736. The van der Waals surface area contributed by atoms with E-state index >= 15 is 0 Å². The maximum Gasteiger partial charge on any atom is 0.349 e. The molecule has 20 heteroatoms. The summed E-state index contributed by atoms with van der Waals surface area (Å²) in [5, 5.41) is 33.2. The van der Waals surface area contributed by atoms with Crippen LogP contribution in [-0.2, 0) is 37.2 Å². The first-order valence-corrected chi connectivity index (χ1v) is 24.4. The van der Waals surface area contributed by atoms with E-state index in [4.69, 9.17) is 21.4 Å². The molecule has 4 amide bonds. The summed E-state index contributed by atoms with van der Waals surface area (Å²) in [6, 6.07) is 19.9. The Bertz CT molecular complexity index is 2850. The van der Waals surface area contributed by atoms with Crippen molar-refractivity contribution in [1.82, 2.24) is 24.3 Å². The lowest BCUT2D eigenvalue weighted by atomic mass is 9.88. The fourth-order valence-electron chi connectivity index (χ4n) is 9.41. The van der Waals surface area contributed by atoms with Crippen LogP contribution in [0.4, 0.5) is 16.2 Å². The molecule has 3 aromatic carbocycles. The van der Waals surface area contributed by atoms with Gasteiger partial charge in [-0.15, -0.1) is 11.3 Å². The van der Waals surface area contributed by atoms with E-state index in [1.807, 2.05) is 39.1 Å². The topological polar surface area (TPSA) is 230 Å². The number of anilines is 2. The fraction of sp³-hybridized carbons (Fsp3) is 0.391. The number of aryl methyl sites for hydroxylation is 1. The van der Waals surface area contributed by atoms with Crippen molar-refractivity contribution in [3.8, 4) is 16.2 Å². The van der Waals surface area contributed by atoms with Crippen molar-refractivity contribution in [2.45, 2.75) is 81.5 Å². The first kappa shape index (κ1) is 46.5. The average molecular weight is 961 g/mol. The van der Waals surface area contributed by atoms with E-state index in [1.54, 1.807) is 50.3 Å². The number of imide groups is 1. The van der Waals surface area contributed by atoms with Gasteiger partial charge in [0.2, 0.25) is 21.8 Å². The van der Waals surface area contributed by atoms with E-state index in [0.29, 0.717) is 65.4 Å². The van der Waals surface area contributed by atoms with Crippen LogP contribution in [0.25, 0.3) is 21.3 Å². The number of carbonyl (C=O) groups excluding carboxylic acids is 3. The number of ether oxygens (including phenoxy) is 1. The minimum absolute atomic E-state index is 0.00238. The van der Waals surface area contributed by atoms with Gasteiger partial charge in [0.05, 0.1) is 27.8 Å². The molecule has 2 aromatic heterocycles. The molecule has 66 heavy (non-hydrogen) atoms. The number of urea groups is 1. The Labute approximate surface area is 390 Å². The van der Waals surface area contributed by atoms with Gasteiger partial charge in [0, 0.05) is 61.4 Å². The van der Waals surface area contributed by atoms with E-state index in [2.05, 4.69) is 33.2 Å². The normalized spacial score (nSPS) is 19.4. The number of carbonyl (C=O) groups is 5. The smallest absolute Gasteiger partial charge is 0.349 e. The highest BCUT2D eigenvalue weighted by atomic mass is 35.5. The van der Waals surface area contributed by atoms with Gasteiger partial charge in [-0.3, -0.25) is 19.6 Å². The zero-order valence-electron chi connectivity index (χ0n) is 36.5. The minimum atomic E-state index is -3.79. The zero-order chi connectivity index (χ0) is 47.1. The Hall–Kier alpha value is -6.02. The molecule has 1 unspecified atom stereocenters. The molecule has 3 aliphatic heterocycles. The third-order valence-electron chi connectivity index (χ3n) is 12.5. The van der Waals surface area contributed by atoms with E-state index in [9.17, 15) is 37.5 Å². The number of thiophene rings is 1. The second-order valence-electron chi connectivity index (χ2n) is 17.6. The number of carboxylic acid groups (broad SMARTS) is 2. The highest BCUT2D eigenvalue weighted by molar-refractivity contribution is 7.88. The van der Waals surface area contributed by atoms with Crippen LogP contribution < -0.4 is 20.7 Å². The molecule has 0 saturated carbocycles. The first-order chi connectivity index (χ1) is 31.4. The number of sulfonamides is 1. The van der Waals surface area contributed by atoms with E-state index in [1.165, 1.54) is 0 Å². The highest BCUT2D eigenvalue weighted by Gasteiger charge is 2.42. The lowest BCUT2D eigenvalue weighted by Gasteiger charge is -2.45. The summed E-state index contributed by atoms with van der Waals surface area (Å²) in [5.41, 5.74) is 4.31. The molecule has 2 atom stereocenters. The lowest BCUT2D eigenvalue weighted by Crippen LogP contribution is -2.55. The molecule has 0 bridgehead atoms. The van der Waals surface area contributed by atoms with Gasteiger partial charge >= 0.3 is 18.0 Å². The number of halogens is 1. The fourth-order valence-corrected chi connectivity index (χ4v) is 12.8. The standard InChI is InChI=1S/C46H50ClN7O10S2/c1-46(2)23-32(48-31-9-5-7-29(21-31)41-38(47)40(64-24-37(56)57)42(65-41)44(59)60)16-19-54(46)66(62,63)25-26-6-4-8-30(20-26)49-45(61)53-17-14-27(15-18-53)28-10-11-33-35(22-28)52(3)51-39(33)34-12-13-36(55)50-43(34)58/h4-11,20-22,27,32,34,48H,12-19,23-25H2,1-3H3,(H,49,61)(H,56,57)(H,59,60)(H,50,55,58)/t32-,34?/m0/s1. The minimum Gasteiger partial charge on any atom is -0.479 e. The number of carboxylic acids is 2. The number of piperidine rings is 3. The maximum atomic E-state index is 14.0. The van der Waals surface area contributed by atoms with Crippen LogP contribution in [0.15, 0.2) is 66.7 Å². The number of likely N-dealkylation sites (tertiary alicyclic amines) is 1. The number of amides is 4. The SMILES string of the molecule is Cn1nc(C2CCC(=O)NC2=O)c2ccc(C3CCN(C(=O)Nc4cccc(CS(=O)(=O)N5CC[C@H](Nc6cccc(-c7sc(C(=O)O)c(OCC(=O)O)c7Cl)c6)CC5(C)C)c4)CC3)cc21. The van der Waals surface area contributed by atoms with Gasteiger partial charge in [-0.2, -0.15) is 9.40 Å². The van der Waals surface area contributed by atoms with E-state index in [-0.39, 0.29) is 64.2 Å². The van der Waals surface area contributed by atoms with Crippen molar-refractivity contribution >= 4 is 85.0 Å². The number of rotatable bonds is 13.